The van der Waals surface area contributed by atoms with E-state index in [1.807, 2.05) is 5.32 Å². The number of alkyl halides is 3. The fourth-order valence-electron chi connectivity index (χ4n) is 1.23. The van der Waals surface area contributed by atoms with Crippen molar-refractivity contribution in [1.82, 2.24) is 5.32 Å². The normalized spacial score (nSPS) is 13.1. The Labute approximate surface area is 117 Å². The van der Waals surface area contributed by atoms with Crippen LogP contribution >= 0.6 is 11.8 Å². The molecule has 0 aliphatic heterocycles. The van der Waals surface area contributed by atoms with Gasteiger partial charge in [0.25, 0.3) is 0 Å². The molecule has 0 spiro atoms. The monoisotopic (exact) mass is 311 g/mol. The molecule has 3 nitrogen and oxygen atoms in total. The van der Waals surface area contributed by atoms with Gasteiger partial charge in [-0.15, -0.1) is 11.8 Å². The van der Waals surface area contributed by atoms with Crippen LogP contribution in [0.3, 0.4) is 0 Å². The molecule has 0 aromatic heterocycles. The lowest BCUT2D eigenvalue weighted by Gasteiger charge is -2.14. The number of benzene rings is 1. The zero-order chi connectivity index (χ0) is 15.2. The Balaban J connectivity index is 2.26. The largest absolute Gasteiger partial charge is 0.416 e. The minimum absolute atomic E-state index is 0.0659. The van der Waals surface area contributed by atoms with E-state index in [4.69, 9.17) is 5.11 Å². The molecule has 0 aliphatic carbocycles. The van der Waals surface area contributed by atoms with E-state index in [2.05, 4.69) is 0 Å². The number of nitrogens with one attached hydrogen (secondary N) is 1. The standard InChI is InChI=1S/C12H13F4NO2S/c13-8-3-1-2-4-9(8)20-6-5-11(19)17-7-10(18)12(14,15)16/h1-4,10,18H,5-7H2,(H,17,19). The number of thioether (sulfide) groups is 1. The molecular weight excluding hydrogens is 298 g/mol. The number of aliphatic hydroxyl groups is 1. The number of carbonyl (C=O) groups is 1. The van der Waals surface area contributed by atoms with Gasteiger partial charge in [0, 0.05) is 17.1 Å². The van der Waals surface area contributed by atoms with E-state index in [9.17, 15) is 22.4 Å². The van der Waals surface area contributed by atoms with Crippen LogP contribution in [0.4, 0.5) is 17.6 Å². The fourth-order valence-corrected chi connectivity index (χ4v) is 2.12. The van der Waals surface area contributed by atoms with Crippen molar-refractivity contribution >= 4 is 17.7 Å². The van der Waals surface area contributed by atoms with Crippen LogP contribution in [0.5, 0.6) is 0 Å². The predicted octanol–water partition coefficient (Wildman–Crippen LogP) is 2.35. The van der Waals surface area contributed by atoms with Crippen molar-refractivity contribution < 1.29 is 27.5 Å². The van der Waals surface area contributed by atoms with Crippen LogP contribution in [0.2, 0.25) is 0 Å². The van der Waals surface area contributed by atoms with E-state index in [0.29, 0.717) is 4.90 Å². The molecule has 1 aromatic carbocycles. The second-order valence-electron chi connectivity index (χ2n) is 3.89. The van der Waals surface area contributed by atoms with Crippen LogP contribution in [0.15, 0.2) is 29.2 Å². The molecule has 0 fully saturated rings. The molecule has 0 heterocycles. The Kier molecular flexibility index (Phi) is 6.28. The number of carbonyl (C=O) groups excluding carboxylic acids is 1. The van der Waals surface area contributed by atoms with E-state index in [1.54, 1.807) is 12.1 Å². The van der Waals surface area contributed by atoms with Gasteiger partial charge in [-0.1, -0.05) is 12.1 Å². The van der Waals surface area contributed by atoms with Crippen LogP contribution in [0.25, 0.3) is 0 Å². The van der Waals surface area contributed by atoms with E-state index in [1.165, 1.54) is 12.1 Å². The van der Waals surface area contributed by atoms with E-state index in [0.717, 1.165) is 11.8 Å². The van der Waals surface area contributed by atoms with Gasteiger partial charge >= 0.3 is 6.18 Å². The lowest BCUT2D eigenvalue weighted by molar-refractivity contribution is -0.201. The topological polar surface area (TPSA) is 49.3 Å². The van der Waals surface area contributed by atoms with Crippen LogP contribution < -0.4 is 5.32 Å². The molecular formula is C12H13F4NO2S. The first-order valence-corrected chi connectivity index (χ1v) is 6.68. The Morgan fingerprint density at radius 1 is 1.35 bits per heavy atom. The Morgan fingerprint density at radius 3 is 2.60 bits per heavy atom. The molecule has 0 radical (unpaired) electrons. The summed E-state index contributed by atoms with van der Waals surface area (Å²) < 4.78 is 49.1. The first-order valence-electron chi connectivity index (χ1n) is 5.69. The first-order chi connectivity index (χ1) is 9.30. The molecule has 1 rings (SSSR count). The molecule has 20 heavy (non-hydrogen) atoms. The summed E-state index contributed by atoms with van der Waals surface area (Å²) in [5.41, 5.74) is 0. The molecule has 2 N–H and O–H groups in total. The number of hydrogen-bond acceptors (Lipinski definition) is 3. The van der Waals surface area contributed by atoms with Gasteiger partial charge in [-0.2, -0.15) is 13.2 Å². The summed E-state index contributed by atoms with van der Waals surface area (Å²) in [5.74, 6) is -0.808. The molecule has 8 heteroatoms. The highest BCUT2D eigenvalue weighted by Crippen LogP contribution is 2.22. The molecule has 0 aliphatic rings. The molecule has 0 saturated carbocycles. The van der Waals surface area contributed by atoms with E-state index >= 15 is 0 Å². The Bertz CT molecular complexity index is 453. The third kappa shape index (κ3) is 5.79. The number of hydrogen-bond donors (Lipinski definition) is 2. The zero-order valence-corrected chi connectivity index (χ0v) is 11.1. The van der Waals surface area contributed by atoms with Gasteiger partial charge in [-0.05, 0) is 12.1 Å². The summed E-state index contributed by atoms with van der Waals surface area (Å²) in [5, 5.41) is 10.7. The second kappa shape index (κ2) is 7.49. The number of halogens is 4. The zero-order valence-electron chi connectivity index (χ0n) is 10.3. The highest BCUT2D eigenvalue weighted by Gasteiger charge is 2.38. The molecule has 1 amide bonds. The summed E-state index contributed by atoms with van der Waals surface area (Å²) in [7, 11) is 0. The molecule has 112 valence electrons. The van der Waals surface area contributed by atoms with Gasteiger partial charge in [-0.3, -0.25) is 4.79 Å². The van der Waals surface area contributed by atoms with Crippen LogP contribution in [-0.4, -0.2) is 35.6 Å². The summed E-state index contributed by atoms with van der Waals surface area (Å²) in [6, 6.07) is 6.00. The van der Waals surface area contributed by atoms with Gasteiger partial charge in [0.05, 0.1) is 6.54 Å². The third-order valence-electron chi connectivity index (χ3n) is 2.29. The minimum Gasteiger partial charge on any atom is -0.382 e. The predicted molar refractivity (Wildman–Crippen MR) is 66.8 cm³/mol. The van der Waals surface area contributed by atoms with Crippen molar-refractivity contribution in [3.63, 3.8) is 0 Å². The summed E-state index contributed by atoms with van der Waals surface area (Å²) in [6.45, 7) is -0.882. The Hall–Kier alpha value is -1.28. The van der Waals surface area contributed by atoms with E-state index < -0.39 is 30.5 Å². The average molecular weight is 311 g/mol. The second-order valence-corrected chi connectivity index (χ2v) is 5.03. The van der Waals surface area contributed by atoms with Crippen molar-refractivity contribution in [2.75, 3.05) is 12.3 Å². The molecule has 0 saturated heterocycles. The van der Waals surface area contributed by atoms with Crippen molar-refractivity contribution in [3.8, 4) is 0 Å². The van der Waals surface area contributed by atoms with Crippen molar-refractivity contribution in [2.24, 2.45) is 0 Å². The molecule has 0 bridgehead atoms. The molecule has 1 unspecified atom stereocenters. The number of aliphatic hydroxyl groups excluding tert-OH is 1. The first kappa shape index (κ1) is 16.8. The summed E-state index contributed by atoms with van der Waals surface area (Å²) >= 11 is 1.09. The third-order valence-corrected chi connectivity index (χ3v) is 3.34. The molecule has 1 aromatic rings. The van der Waals surface area contributed by atoms with Gasteiger partial charge in [0.2, 0.25) is 5.91 Å². The van der Waals surface area contributed by atoms with Crippen LogP contribution in [0.1, 0.15) is 6.42 Å². The van der Waals surface area contributed by atoms with E-state index in [-0.39, 0.29) is 12.2 Å². The van der Waals surface area contributed by atoms with Gasteiger partial charge < -0.3 is 10.4 Å². The maximum Gasteiger partial charge on any atom is 0.416 e. The minimum atomic E-state index is -4.75. The molecule has 1 atom stereocenters. The quantitative estimate of drug-likeness (QED) is 0.626. The Morgan fingerprint density at radius 2 is 2.00 bits per heavy atom. The van der Waals surface area contributed by atoms with Gasteiger partial charge in [-0.25, -0.2) is 4.39 Å². The highest BCUT2D eigenvalue weighted by atomic mass is 32.2. The SMILES string of the molecule is O=C(CCSc1ccccc1F)NCC(O)C(F)(F)F. The van der Waals surface area contributed by atoms with Crippen molar-refractivity contribution in [2.45, 2.75) is 23.6 Å². The highest BCUT2D eigenvalue weighted by molar-refractivity contribution is 7.99. The number of rotatable bonds is 6. The smallest absolute Gasteiger partial charge is 0.382 e. The van der Waals surface area contributed by atoms with Crippen LogP contribution in [0, 0.1) is 5.82 Å². The van der Waals surface area contributed by atoms with Crippen molar-refractivity contribution in [1.29, 1.82) is 0 Å². The summed E-state index contributed by atoms with van der Waals surface area (Å²) in [6.07, 6.45) is -7.40. The number of amides is 1. The maximum absolute atomic E-state index is 13.2. The summed E-state index contributed by atoms with van der Waals surface area (Å²) in [4.78, 5) is 11.6. The van der Waals surface area contributed by atoms with Gasteiger partial charge in [0.15, 0.2) is 6.10 Å². The lowest BCUT2D eigenvalue weighted by Crippen LogP contribution is -2.40. The fraction of sp³-hybridized carbons (Fsp3) is 0.417. The lowest BCUT2D eigenvalue weighted by atomic mass is 10.3. The maximum atomic E-state index is 13.2. The van der Waals surface area contributed by atoms with Gasteiger partial charge in [0.1, 0.15) is 5.82 Å². The van der Waals surface area contributed by atoms with Crippen molar-refractivity contribution in [3.05, 3.63) is 30.1 Å². The average Bonchev–Trinajstić information content (AvgIpc) is 2.37. The van der Waals surface area contributed by atoms with Crippen LogP contribution in [-0.2, 0) is 4.79 Å².